The number of nitrogens with two attached hydrogens (primary N) is 1. The molecule has 1 saturated carbocycles. The zero-order valence-electron chi connectivity index (χ0n) is 15.1. The zero-order chi connectivity index (χ0) is 17.2. The van der Waals surface area contributed by atoms with E-state index >= 15 is 0 Å². The largest absolute Gasteiger partial charge is 0.450 e. The van der Waals surface area contributed by atoms with Gasteiger partial charge in [0.15, 0.2) is 5.96 Å². The van der Waals surface area contributed by atoms with Crippen molar-refractivity contribution in [3.63, 3.8) is 0 Å². The van der Waals surface area contributed by atoms with Gasteiger partial charge in [-0.3, -0.25) is 4.99 Å². The highest BCUT2D eigenvalue weighted by Gasteiger charge is 2.23. The maximum absolute atomic E-state index is 11.7. The molecule has 0 atom stereocenters. The van der Waals surface area contributed by atoms with Gasteiger partial charge in [-0.25, -0.2) is 4.79 Å². The van der Waals surface area contributed by atoms with E-state index < -0.39 is 0 Å². The van der Waals surface area contributed by atoms with Crippen LogP contribution in [0.15, 0.2) is 4.99 Å². The maximum Gasteiger partial charge on any atom is 0.409 e. The summed E-state index contributed by atoms with van der Waals surface area (Å²) in [6.07, 6.45) is 11.0. The van der Waals surface area contributed by atoms with Crippen LogP contribution in [0.25, 0.3) is 0 Å². The lowest BCUT2D eigenvalue weighted by molar-refractivity contribution is 0.0963. The van der Waals surface area contributed by atoms with Gasteiger partial charge in [0.2, 0.25) is 0 Å². The Hall–Kier alpha value is -1.46. The van der Waals surface area contributed by atoms with Gasteiger partial charge < -0.3 is 20.7 Å². The van der Waals surface area contributed by atoms with Gasteiger partial charge >= 0.3 is 6.09 Å². The molecule has 1 aliphatic heterocycles. The molecular formula is C18H34N4O2. The first-order valence-electron chi connectivity index (χ1n) is 9.67. The highest BCUT2D eigenvalue weighted by Crippen LogP contribution is 2.27. The Morgan fingerprint density at radius 2 is 1.92 bits per heavy atom. The maximum atomic E-state index is 11.7. The number of amides is 1. The van der Waals surface area contributed by atoms with Crippen molar-refractivity contribution in [1.82, 2.24) is 10.2 Å². The normalized spacial score (nSPS) is 20.9. The highest BCUT2D eigenvalue weighted by atomic mass is 16.6. The van der Waals surface area contributed by atoms with Gasteiger partial charge in [-0.2, -0.15) is 0 Å². The summed E-state index contributed by atoms with van der Waals surface area (Å²) in [7, 11) is 0. The number of hydrogen-bond acceptors (Lipinski definition) is 3. The minimum atomic E-state index is -0.208. The van der Waals surface area contributed by atoms with Crippen molar-refractivity contribution in [2.75, 3.05) is 26.2 Å². The predicted molar refractivity (Wildman–Crippen MR) is 97.1 cm³/mol. The molecule has 1 amide bonds. The van der Waals surface area contributed by atoms with Crippen LogP contribution in [-0.4, -0.2) is 49.2 Å². The van der Waals surface area contributed by atoms with Gasteiger partial charge in [-0.05, 0) is 38.5 Å². The van der Waals surface area contributed by atoms with Crippen LogP contribution in [0.3, 0.4) is 0 Å². The van der Waals surface area contributed by atoms with Gasteiger partial charge in [0.05, 0.1) is 6.61 Å². The van der Waals surface area contributed by atoms with E-state index in [0.29, 0.717) is 31.7 Å². The molecule has 0 unspecified atom stereocenters. The first kappa shape index (κ1) is 18.9. The van der Waals surface area contributed by atoms with E-state index in [0.717, 1.165) is 31.7 Å². The van der Waals surface area contributed by atoms with Gasteiger partial charge in [-0.15, -0.1) is 0 Å². The van der Waals surface area contributed by atoms with Crippen LogP contribution in [0.4, 0.5) is 4.79 Å². The average molecular weight is 338 g/mol. The number of ether oxygens (including phenoxy) is 1. The third-order valence-electron chi connectivity index (χ3n) is 5.15. The number of aliphatic imine (C=N–C) groups is 1. The number of carbonyl (C=O) groups excluding carboxylic acids is 1. The molecule has 0 aromatic heterocycles. The van der Waals surface area contributed by atoms with Crippen molar-refractivity contribution in [3.8, 4) is 0 Å². The average Bonchev–Trinajstić information content (AvgIpc) is 2.60. The first-order chi connectivity index (χ1) is 11.7. The number of likely N-dealkylation sites (tertiary alicyclic amines) is 1. The van der Waals surface area contributed by atoms with Crippen LogP contribution >= 0.6 is 0 Å². The molecule has 0 radical (unpaired) electrons. The summed E-state index contributed by atoms with van der Waals surface area (Å²) in [5.41, 5.74) is 6.00. The summed E-state index contributed by atoms with van der Waals surface area (Å²) in [5, 5.41) is 3.30. The van der Waals surface area contributed by atoms with E-state index in [9.17, 15) is 4.79 Å². The first-order valence-corrected chi connectivity index (χ1v) is 9.67. The van der Waals surface area contributed by atoms with Crippen molar-refractivity contribution in [1.29, 1.82) is 0 Å². The minimum Gasteiger partial charge on any atom is -0.450 e. The van der Waals surface area contributed by atoms with Gasteiger partial charge in [-0.1, -0.05) is 32.1 Å². The molecule has 6 nitrogen and oxygen atoms in total. The van der Waals surface area contributed by atoms with Gasteiger partial charge in [0.1, 0.15) is 0 Å². The van der Waals surface area contributed by atoms with Gasteiger partial charge in [0, 0.05) is 25.7 Å². The molecule has 0 bridgehead atoms. The summed E-state index contributed by atoms with van der Waals surface area (Å²) in [6, 6.07) is 0.303. The number of hydrogen-bond donors (Lipinski definition) is 2. The third-order valence-corrected chi connectivity index (χ3v) is 5.15. The molecule has 24 heavy (non-hydrogen) atoms. The topological polar surface area (TPSA) is 80.0 Å². The third kappa shape index (κ3) is 6.57. The van der Waals surface area contributed by atoms with E-state index in [4.69, 9.17) is 10.5 Å². The van der Waals surface area contributed by atoms with Crippen LogP contribution in [0.5, 0.6) is 0 Å². The quantitative estimate of drug-likeness (QED) is 0.443. The summed E-state index contributed by atoms with van der Waals surface area (Å²) < 4.78 is 5.03. The summed E-state index contributed by atoms with van der Waals surface area (Å²) >= 11 is 0. The van der Waals surface area contributed by atoms with Crippen LogP contribution in [0.1, 0.15) is 64.7 Å². The van der Waals surface area contributed by atoms with Crippen LogP contribution < -0.4 is 11.1 Å². The number of nitrogens with one attached hydrogen (secondary N) is 1. The lowest BCUT2D eigenvalue weighted by Gasteiger charge is -2.31. The molecule has 1 aliphatic carbocycles. The van der Waals surface area contributed by atoms with Crippen molar-refractivity contribution >= 4 is 12.1 Å². The molecule has 1 heterocycles. The smallest absolute Gasteiger partial charge is 0.409 e. The molecule has 0 aromatic rings. The minimum absolute atomic E-state index is 0.208. The van der Waals surface area contributed by atoms with Crippen molar-refractivity contribution < 1.29 is 9.53 Å². The molecular weight excluding hydrogens is 304 g/mol. The molecule has 2 aliphatic rings. The molecule has 6 heteroatoms. The monoisotopic (exact) mass is 338 g/mol. The number of carbonyl (C=O) groups is 1. The van der Waals surface area contributed by atoms with Crippen LogP contribution in [0.2, 0.25) is 0 Å². The standard InChI is InChI=1S/C18H34N4O2/c1-2-24-18(23)22-13-10-16(11-14-22)21-17(19)20-12-6-9-15-7-4-3-5-8-15/h15-16H,2-14H2,1H3,(H3,19,20,21). The highest BCUT2D eigenvalue weighted by molar-refractivity contribution is 5.78. The molecule has 3 N–H and O–H groups in total. The van der Waals surface area contributed by atoms with E-state index in [1.165, 1.54) is 38.5 Å². The fourth-order valence-corrected chi connectivity index (χ4v) is 3.73. The Kier molecular flexibility index (Phi) is 8.19. The molecule has 138 valence electrons. The fourth-order valence-electron chi connectivity index (χ4n) is 3.73. The Morgan fingerprint density at radius 3 is 2.58 bits per heavy atom. The second-order valence-corrected chi connectivity index (χ2v) is 7.02. The lowest BCUT2D eigenvalue weighted by Crippen LogP contribution is -2.48. The van der Waals surface area contributed by atoms with Crippen molar-refractivity contribution in [2.45, 2.75) is 70.8 Å². The number of piperidine rings is 1. The van der Waals surface area contributed by atoms with E-state index in [-0.39, 0.29) is 6.09 Å². The Bertz CT molecular complexity index is 400. The Balaban J connectivity index is 1.58. The second-order valence-electron chi connectivity index (χ2n) is 7.02. The van der Waals surface area contributed by atoms with Crippen LogP contribution in [0, 0.1) is 5.92 Å². The van der Waals surface area contributed by atoms with E-state index in [1.54, 1.807) is 4.90 Å². The lowest BCUT2D eigenvalue weighted by atomic mass is 9.86. The Morgan fingerprint density at radius 1 is 1.21 bits per heavy atom. The summed E-state index contributed by atoms with van der Waals surface area (Å²) in [6.45, 7) is 4.50. The molecule has 0 aromatic carbocycles. The molecule has 0 spiro atoms. The van der Waals surface area contributed by atoms with Crippen molar-refractivity contribution in [3.05, 3.63) is 0 Å². The van der Waals surface area contributed by atoms with Crippen molar-refractivity contribution in [2.24, 2.45) is 16.6 Å². The number of rotatable bonds is 6. The van der Waals surface area contributed by atoms with Crippen LogP contribution in [-0.2, 0) is 4.74 Å². The SMILES string of the molecule is CCOC(=O)N1CCC(NC(N)=NCCCC2CCCCC2)CC1. The van der Waals surface area contributed by atoms with E-state index in [2.05, 4.69) is 10.3 Å². The second kappa shape index (κ2) is 10.4. The fraction of sp³-hybridized carbons (Fsp3) is 0.889. The summed E-state index contributed by atoms with van der Waals surface area (Å²) in [5.74, 6) is 1.46. The number of guanidine groups is 1. The number of nitrogens with zero attached hydrogens (tertiary/aromatic N) is 2. The molecule has 1 saturated heterocycles. The van der Waals surface area contributed by atoms with E-state index in [1.807, 2.05) is 6.92 Å². The molecule has 2 fully saturated rings. The molecule has 2 rings (SSSR count). The predicted octanol–water partition coefficient (Wildman–Crippen LogP) is 2.87. The van der Waals surface area contributed by atoms with Gasteiger partial charge in [0.25, 0.3) is 0 Å². The zero-order valence-corrected chi connectivity index (χ0v) is 15.1. The Labute approximate surface area is 146 Å². The summed E-state index contributed by atoms with van der Waals surface area (Å²) in [4.78, 5) is 17.9.